The zero-order chi connectivity index (χ0) is 18.1. The first-order valence-corrected chi connectivity index (χ1v) is 7.83. The first-order valence-electron chi connectivity index (χ1n) is 7.83. The second-order valence-electron chi connectivity index (χ2n) is 7.20. The van der Waals surface area contributed by atoms with Crippen LogP contribution in [0.4, 0.5) is 9.59 Å². The maximum atomic E-state index is 12.1. The van der Waals surface area contributed by atoms with Gasteiger partial charge in [-0.3, -0.25) is 0 Å². The predicted molar refractivity (Wildman–Crippen MR) is 87.3 cm³/mol. The average Bonchev–Trinajstić information content (AvgIpc) is 2.33. The van der Waals surface area contributed by atoms with Gasteiger partial charge in [-0.25, -0.2) is 9.59 Å². The van der Waals surface area contributed by atoms with E-state index in [2.05, 4.69) is 5.32 Å². The molecule has 0 saturated carbocycles. The lowest BCUT2D eigenvalue weighted by atomic mass is 10.2. The van der Waals surface area contributed by atoms with Crippen molar-refractivity contribution in [2.24, 2.45) is 0 Å². The molecule has 0 aliphatic heterocycles. The minimum atomic E-state index is -0.592. The van der Waals surface area contributed by atoms with Crippen molar-refractivity contribution in [2.75, 3.05) is 19.6 Å². The highest BCUT2D eigenvalue weighted by atomic mass is 16.6. The van der Waals surface area contributed by atoms with Crippen LogP contribution in [0.1, 0.15) is 54.4 Å². The van der Waals surface area contributed by atoms with E-state index in [4.69, 9.17) is 9.47 Å². The van der Waals surface area contributed by atoms with E-state index in [0.29, 0.717) is 26.1 Å². The van der Waals surface area contributed by atoms with Gasteiger partial charge in [0.05, 0.1) is 0 Å². The summed E-state index contributed by atoms with van der Waals surface area (Å²) in [6.07, 6.45) is 0.595. The normalized spacial score (nSPS) is 11.6. The maximum Gasteiger partial charge on any atom is 0.410 e. The Balaban J connectivity index is 4.27. The van der Waals surface area contributed by atoms with Crippen molar-refractivity contribution in [3.8, 4) is 0 Å². The van der Waals surface area contributed by atoms with E-state index in [-0.39, 0.29) is 6.42 Å². The highest BCUT2D eigenvalue weighted by Crippen LogP contribution is 2.10. The molecule has 0 fully saturated rings. The third-order valence-corrected chi connectivity index (χ3v) is 2.44. The van der Waals surface area contributed by atoms with E-state index in [9.17, 15) is 14.4 Å². The van der Waals surface area contributed by atoms with Crippen LogP contribution in [0.15, 0.2) is 0 Å². The van der Waals surface area contributed by atoms with Crippen molar-refractivity contribution in [1.29, 1.82) is 0 Å². The molecule has 0 saturated heterocycles. The summed E-state index contributed by atoms with van der Waals surface area (Å²) in [5, 5.41) is 2.63. The molecule has 1 N–H and O–H groups in total. The fourth-order valence-corrected chi connectivity index (χ4v) is 1.60. The van der Waals surface area contributed by atoms with Crippen molar-refractivity contribution in [2.45, 2.75) is 65.6 Å². The Bertz CT molecular complexity index is 396. The van der Waals surface area contributed by atoms with Gasteiger partial charge in [0.25, 0.3) is 0 Å². The van der Waals surface area contributed by atoms with Crippen LogP contribution in [0.2, 0.25) is 0 Å². The number of hydrogen-bond acceptors (Lipinski definition) is 5. The van der Waals surface area contributed by atoms with Gasteiger partial charge in [0.1, 0.15) is 17.5 Å². The third-order valence-electron chi connectivity index (χ3n) is 2.44. The first kappa shape index (κ1) is 21.2. The molecule has 0 bridgehead atoms. The quantitative estimate of drug-likeness (QED) is 0.573. The Morgan fingerprint density at radius 1 is 1.00 bits per heavy atom. The Kier molecular flexibility index (Phi) is 8.64. The van der Waals surface area contributed by atoms with Gasteiger partial charge in [0.15, 0.2) is 0 Å². The summed E-state index contributed by atoms with van der Waals surface area (Å²) < 4.78 is 10.4. The Hall–Kier alpha value is -1.79. The van der Waals surface area contributed by atoms with Crippen LogP contribution in [-0.2, 0) is 14.3 Å². The van der Waals surface area contributed by atoms with Gasteiger partial charge in [0.2, 0.25) is 0 Å². The van der Waals surface area contributed by atoms with Gasteiger partial charge in [-0.2, -0.15) is 0 Å². The lowest BCUT2D eigenvalue weighted by Gasteiger charge is -2.27. The summed E-state index contributed by atoms with van der Waals surface area (Å²) in [6, 6.07) is 0. The van der Waals surface area contributed by atoms with Gasteiger partial charge in [-0.05, 0) is 48.0 Å². The molecule has 0 aromatic heterocycles. The summed E-state index contributed by atoms with van der Waals surface area (Å²) in [7, 11) is 0. The molecule has 0 aliphatic rings. The number of alkyl carbamates (subject to hydrolysis) is 1. The lowest BCUT2D eigenvalue weighted by molar-refractivity contribution is -0.108. The molecule has 0 radical (unpaired) electrons. The molecule has 0 spiro atoms. The van der Waals surface area contributed by atoms with E-state index < -0.39 is 23.4 Å². The molecule has 7 nitrogen and oxygen atoms in total. The van der Waals surface area contributed by atoms with Gasteiger partial charge >= 0.3 is 12.2 Å². The molecular weight excluding hydrogens is 300 g/mol. The molecule has 23 heavy (non-hydrogen) atoms. The molecule has 2 amide bonds. The van der Waals surface area contributed by atoms with E-state index in [1.807, 2.05) is 0 Å². The summed E-state index contributed by atoms with van der Waals surface area (Å²) in [4.78, 5) is 35.6. The van der Waals surface area contributed by atoms with Gasteiger partial charge < -0.3 is 24.5 Å². The summed E-state index contributed by atoms with van der Waals surface area (Å²) in [6.45, 7) is 11.8. The molecule has 134 valence electrons. The minimum Gasteiger partial charge on any atom is -0.444 e. The molecule has 0 unspecified atom stereocenters. The number of amides is 2. The van der Waals surface area contributed by atoms with Gasteiger partial charge in [-0.15, -0.1) is 0 Å². The first-order chi connectivity index (χ1) is 10.4. The lowest BCUT2D eigenvalue weighted by Crippen LogP contribution is -2.39. The van der Waals surface area contributed by atoms with Crippen LogP contribution in [0.25, 0.3) is 0 Å². The van der Waals surface area contributed by atoms with Crippen molar-refractivity contribution < 1.29 is 23.9 Å². The summed E-state index contributed by atoms with van der Waals surface area (Å²) in [5.41, 5.74) is -1.14. The number of rotatable bonds is 7. The topological polar surface area (TPSA) is 84.9 Å². The number of hydrogen-bond donors (Lipinski definition) is 1. The number of ether oxygens (including phenoxy) is 2. The van der Waals surface area contributed by atoms with Crippen molar-refractivity contribution in [1.82, 2.24) is 10.2 Å². The fraction of sp³-hybridized carbons (Fsp3) is 0.812. The summed E-state index contributed by atoms with van der Waals surface area (Å²) in [5.74, 6) is 0. The van der Waals surface area contributed by atoms with Crippen LogP contribution in [0, 0.1) is 0 Å². The second kappa shape index (κ2) is 9.37. The SMILES string of the molecule is CC(C)(C)OC(=O)NCCCN(CCC=O)C(=O)OC(C)(C)C. The van der Waals surface area contributed by atoms with E-state index in [0.717, 1.165) is 6.29 Å². The van der Waals surface area contributed by atoms with Crippen LogP contribution in [0.3, 0.4) is 0 Å². The van der Waals surface area contributed by atoms with E-state index in [1.165, 1.54) is 4.90 Å². The molecule has 0 aliphatic carbocycles. The smallest absolute Gasteiger partial charge is 0.410 e. The molecule has 0 aromatic carbocycles. The van der Waals surface area contributed by atoms with Crippen LogP contribution < -0.4 is 5.32 Å². The average molecular weight is 330 g/mol. The molecule has 0 aromatic rings. The number of carbonyl (C=O) groups is 3. The van der Waals surface area contributed by atoms with Crippen LogP contribution in [-0.4, -0.2) is 54.2 Å². The Labute approximate surface area is 138 Å². The largest absolute Gasteiger partial charge is 0.444 e. The van der Waals surface area contributed by atoms with Gasteiger partial charge in [0, 0.05) is 26.1 Å². The number of carbonyl (C=O) groups excluding carboxylic acids is 3. The van der Waals surface area contributed by atoms with Gasteiger partial charge in [-0.1, -0.05) is 0 Å². The predicted octanol–water partition coefficient (Wildman–Crippen LogP) is 2.73. The monoisotopic (exact) mass is 330 g/mol. The van der Waals surface area contributed by atoms with Crippen LogP contribution >= 0.6 is 0 Å². The zero-order valence-electron chi connectivity index (χ0n) is 15.1. The molecular formula is C16H30N2O5. The number of nitrogens with one attached hydrogen (secondary N) is 1. The van der Waals surface area contributed by atoms with Crippen molar-refractivity contribution in [3.05, 3.63) is 0 Å². The number of nitrogens with zero attached hydrogens (tertiary/aromatic N) is 1. The number of aldehydes is 1. The third kappa shape index (κ3) is 12.4. The highest BCUT2D eigenvalue weighted by Gasteiger charge is 2.21. The molecule has 7 heteroatoms. The van der Waals surface area contributed by atoms with E-state index in [1.54, 1.807) is 41.5 Å². The van der Waals surface area contributed by atoms with Crippen LogP contribution in [0.5, 0.6) is 0 Å². The Morgan fingerprint density at radius 2 is 1.57 bits per heavy atom. The molecule has 0 rings (SSSR count). The zero-order valence-corrected chi connectivity index (χ0v) is 15.1. The standard InChI is InChI=1S/C16H30N2O5/c1-15(2,3)22-13(20)17-9-7-10-18(11-8-12-19)14(21)23-16(4,5)6/h12H,7-11H2,1-6H3,(H,17,20). The fourth-order valence-electron chi connectivity index (χ4n) is 1.60. The van der Waals surface area contributed by atoms with Crippen molar-refractivity contribution in [3.63, 3.8) is 0 Å². The van der Waals surface area contributed by atoms with E-state index >= 15 is 0 Å². The van der Waals surface area contributed by atoms with Crippen molar-refractivity contribution >= 4 is 18.5 Å². The molecule has 0 heterocycles. The maximum absolute atomic E-state index is 12.1. The summed E-state index contributed by atoms with van der Waals surface area (Å²) >= 11 is 0. The Morgan fingerprint density at radius 3 is 2.04 bits per heavy atom. The highest BCUT2D eigenvalue weighted by molar-refractivity contribution is 5.69. The molecule has 0 atom stereocenters. The minimum absolute atomic E-state index is 0.249. The second-order valence-corrected chi connectivity index (χ2v) is 7.20.